The Kier molecular flexibility index (Phi) is 3.98. The Labute approximate surface area is 75.5 Å². The smallest absolute Gasteiger partial charge is 0.0102 e. The molecule has 1 aliphatic rings. The SMILES string of the molecule is CN(CCN)CC1CCN(C)C1. The molecule has 3 nitrogen and oxygen atoms in total. The summed E-state index contributed by atoms with van der Waals surface area (Å²) >= 11 is 0. The summed E-state index contributed by atoms with van der Waals surface area (Å²) < 4.78 is 0. The van der Waals surface area contributed by atoms with Gasteiger partial charge in [0.1, 0.15) is 0 Å². The maximum atomic E-state index is 5.48. The lowest BCUT2D eigenvalue weighted by molar-refractivity contribution is 0.279. The highest BCUT2D eigenvalue weighted by molar-refractivity contribution is 4.75. The summed E-state index contributed by atoms with van der Waals surface area (Å²) in [6.07, 6.45) is 1.35. The lowest BCUT2D eigenvalue weighted by atomic mass is 10.1. The van der Waals surface area contributed by atoms with Gasteiger partial charge in [-0.1, -0.05) is 0 Å². The van der Waals surface area contributed by atoms with Crippen molar-refractivity contribution < 1.29 is 0 Å². The molecular formula is C9H21N3. The lowest BCUT2D eigenvalue weighted by Gasteiger charge is -2.19. The van der Waals surface area contributed by atoms with Crippen LogP contribution in [0, 0.1) is 5.92 Å². The van der Waals surface area contributed by atoms with E-state index in [1.165, 1.54) is 26.1 Å². The molecule has 1 rings (SSSR count). The van der Waals surface area contributed by atoms with Crippen molar-refractivity contribution in [3.8, 4) is 0 Å². The van der Waals surface area contributed by atoms with Crippen molar-refractivity contribution in [1.29, 1.82) is 0 Å². The Morgan fingerprint density at radius 3 is 2.83 bits per heavy atom. The maximum absolute atomic E-state index is 5.48. The van der Waals surface area contributed by atoms with Crippen LogP contribution in [-0.2, 0) is 0 Å². The molecule has 1 fully saturated rings. The highest BCUT2D eigenvalue weighted by atomic mass is 15.1. The van der Waals surface area contributed by atoms with Gasteiger partial charge in [0.15, 0.2) is 0 Å². The van der Waals surface area contributed by atoms with Crippen LogP contribution >= 0.6 is 0 Å². The number of likely N-dealkylation sites (N-methyl/N-ethyl adjacent to an activating group) is 1. The van der Waals surface area contributed by atoms with Crippen molar-refractivity contribution >= 4 is 0 Å². The number of likely N-dealkylation sites (tertiary alicyclic amines) is 1. The van der Waals surface area contributed by atoms with Crippen LogP contribution in [0.4, 0.5) is 0 Å². The standard InChI is InChI=1S/C9H21N3/c1-11-5-3-9(7-11)8-12(2)6-4-10/h9H,3-8,10H2,1-2H3. The van der Waals surface area contributed by atoms with Gasteiger partial charge in [-0.05, 0) is 33.0 Å². The Hall–Kier alpha value is -0.120. The largest absolute Gasteiger partial charge is 0.329 e. The highest BCUT2D eigenvalue weighted by Crippen LogP contribution is 2.14. The third-order valence-corrected chi connectivity index (χ3v) is 2.57. The quantitative estimate of drug-likeness (QED) is 0.637. The molecule has 2 N–H and O–H groups in total. The average molecular weight is 171 g/mol. The first-order chi connectivity index (χ1) is 5.72. The Balaban J connectivity index is 2.14. The van der Waals surface area contributed by atoms with Crippen molar-refractivity contribution in [2.45, 2.75) is 6.42 Å². The fraction of sp³-hybridized carbons (Fsp3) is 1.00. The lowest BCUT2D eigenvalue weighted by Crippen LogP contribution is -2.31. The molecule has 0 aromatic carbocycles. The Bertz CT molecular complexity index is 127. The van der Waals surface area contributed by atoms with E-state index in [0.29, 0.717) is 0 Å². The minimum absolute atomic E-state index is 0.777. The number of nitrogens with zero attached hydrogens (tertiary/aromatic N) is 2. The topological polar surface area (TPSA) is 32.5 Å². The van der Waals surface area contributed by atoms with Crippen molar-refractivity contribution in [2.24, 2.45) is 11.7 Å². The van der Waals surface area contributed by atoms with Gasteiger partial charge in [0.05, 0.1) is 0 Å². The van der Waals surface area contributed by atoms with Gasteiger partial charge in [0.2, 0.25) is 0 Å². The molecule has 1 atom stereocenters. The minimum atomic E-state index is 0.777. The zero-order valence-corrected chi connectivity index (χ0v) is 8.29. The van der Waals surface area contributed by atoms with Crippen LogP contribution < -0.4 is 5.73 Å². The van der Waals surface area contributed by atoms with Crippen LogP contribution in [0.3, 0.4) is 0 Å². The van der Waals surface area contributed by atoms with E-state index < -0.39 is 0 Å². The minimum Gasteiger partial charge on any atom is -0.329 e. The number of hydrogen-bond acceptors (Lipinski definition) is 3. The fourth-order valence-electron chi connectivity index (χ4n) is 1.93. The molecule has 1 aliphatic heterocycles. The van der Waals surface area contributed by atoms with Gasteiger partial charge in [-0.2, -0.15) is 0 Å². The van der Waals surface area contributed by atoms with E-state index in [-0.39, 0.29) is 0 Å². The molecule has 0 aliphatic carbocycles. The second kappa shape index (κ2) is 4.80. The van der Waals surface area contributed by atoms with Crippen molar-refractivity contribution in [3.05, 3.63) is 0 Å². The average Bonchev–Trinajstić information content (AvgIpc) is 2.36. The van der Waals surface area contributed by atoms with Crippen molar-refractivity contribution in [3.63, 3.8) is 0 Å². The van der Waals surface area contributed by atoms with E-state index in [4.69, 9.17) is 5.73 Å². The van der Waals surface area contributed by atoms with Gasteiger partial charge in [0, 0.05) is 26.2 Å². The van der Waals surface area contributed by atoms with Gasteiger partial charge in [-0.15, -0.1) is 0 Å². The molecule has 0 aromatic rings. The first kappa shape index (κ1) is 9.96. The Morgan fingerprint density at radius 2 is 2.33 bits per heavy atom. The molecule has 0 saturated carbocycles. The first-order valence-electron chi connectivity index (χ1n) is 4.79. The molecule has 0 aromatic heterocycles. The molecule has 72 valence electrons. The Morgan fingerprint density at radius 1 is 1.58 bits per heavy atom. The van der Waals surface area contributed by atoms with Gasteiger partial charge in [-0.3, -0.25) is 0 Å². The zero-order valence-electron chi connectivity index (χ0n) is 8.29. The van der Waals surface area contributed by atoms with Crippen molar-refractivity contribution in [2.75, 3.05) is 46.8 Å². The van der Waals surface area contributed by atoms with Gasteiger partial charge >= 0.3 is 0 Å². The van der Waals surface area contributed by atoms with Crippen LogP contribution in [0.5, 0.6) is 0 Å². The second-order valence-electron chi connectivity index (χ2n) is 3.97. The monoisotopic (exact) mass is 171 g/mol. The molecule has 0 spiro atoms. The predicted octanol–water partition coefficient (Wildman–Crippen LogP) is -0.171. The summed E-state index contributed by atoms with van der Waals surface area (Å²) in [6.45, 7) is 5.54. The number of hydrogen-bond donors (Lipinski definition) is 1. The van der Waals surface area contributed by atoms with Crippen LogP contribution in [-0.4, -0.2) is 56.6 Å². The van der Waals surface area contributed by atoms with Gasteiger partial charge in [-0.25, -0.2) is 0 Å². The van der Waals surface area contributed by atoms with E-state index in [1.54, 1.807) is 0 Å². The summed E-state index contributed by atoms with van der Waals surface area (Å²) in [5.41, 5.74) is 5.48. The van der Waals surface area contributed by atoms with E-state index in [9.17, 15) is 0 Å². The van der Waals surface area contributed by atoms with Crippen LogP contribution in [0.2, 0.25) is 0 Å². The predicted molar refractivity (Wildman–Crippen MR) is 52.2 cm³/mol. The summed E-state index contributed by atoms with van der Waals surface area (Å²) in [7, 11) is 4.36. The number of nitrogens with two attached hydrogens (primary N) is 1. The molecule has 0 bridgehead atoms. The van der Waals surface area contributed by atoms with E-state index in [2.05, 4.69) is 23.9 Å². The number of rotatable bonds is 4. The fourth-order valence-corrected chi connectivity index (χ4v) is 1.93. The summed E-state index contributed by atoms with van der Waals surface area (Å²) in [5.74, 6) is 0.867. The summed E-state index contributed by atoms with van der Waals surface area (Å²) in [4.78, 5) is 4.74. The molecule has 1 saturated heterocycles. The summed E-state index contributed by atoms with van der Waals surface area (Å²) in [5, 5.41) is 0. The molecule has 1 heterocycles. The third kappa shape index (κ3) is 3.09. The van der Waals surface area contributed by atoms with Gasteiger partial charge in [0.25, 0.3) is 0 Å². The molecule has 0 radical (unpaired) electrons. The second-order valence-corrected chi connectivity index (χ2v) is 3.97. The zero-order chi connectivity index (χ0) is 8.97. The first-order valence-corrected chi connectivity index (χ1v) is 4.79. The van der Waals surface area contributed by atoms with Crippen LogP contribution in [0.15, 0.2) is 0 Å². The normalized spacial score (nSPS) is 25.5. The molecular weight excluding hydrogens is 150 g/mol. The maximum Gasteiger partial charge on any atom is 0.0102 e. The van der Waals surface area contributed by atoms with E-state index in [1.807, 2.05) is 0 Å². The van der Waals surface area contributed by atoms with Crippen LogP contribution in [0.1, 0.15) is 6.42 Å². The van der Waals surface area contributed by atoms with Crippen LogP contribution in [0.25, 0.3) is 0 Å². The van der Waals surface area contributed by atoms with E-state index in [0.717, 1.165) is 19.0 Å². The summed E-state index contributed by atoms with van der Waals surface area (Å²) in [6, 6.07) is 0. The van der Waals surface area contributed by atoms with E-state index >= 15 is 0 Å². The highest BCUT2D eigenvalue weighted by Gasteiger charge is 2.20. The molecule has 3 heteroatoms. The molecule has 12 heavy (non-hydrogen) atoms. The molecule has 0 amide bonds. The molecule has 1 unspecified atom stereocenters. The van der Waals surface area contributed by atoms with Crippen molar-refractivity contribution in [1.82, 2.24) is 9.80 Å². The third-order valence-electron chi connectivity index (χ3n) is 2.57. The van der Waals surface area contributed by atoms with Gasteiger partial charge < -0.3 is 15.5 Å².